The van der Waals surface area contributed by atoms with Crippen LogP contribution in [-0.2, 0) is 6.54 Å². The molecule has 0 aliphatic carbocycles. The minimum absolute atomic E-state index is 0.155. The van der Waals surface area contributed by atoms with E-state index < -0.39 is 0 Å². The van der Waals surface area contributed by atoms with Gasteiger partial charge in [-0.15, -0.1) is 0 Å². The lowest BCUT2D eigenvalue weighted by atomic mass is 10.0. The second kappa shape index (κ2) is 8.65. The fraction of sp³-hybridized carbons (Fsp3) is 0.103. The molecular formula is C29H25N5O. The molecule has 6 heteroatoms. The summed E-state index contributed by atoms with van der Waals surface area (Å²) in [6, 6.07) is 33.6. The predicted molar refractivity (Wildman–Crippen MR) is 137 cm³/mol. The molecule has 172 valence electrons. The maximum absolute atomic E-state index is 13.8. The van der Waals surface area contributed by atoms with Gasteiger partial charge in [-0.3, -0.25) is 0 Å². The van der Waals surface area contributed by atoms with Crippen LogP contribution in [-0.4, -0.2) is 25.3 Å². The van der Waals surface area contributed by atoms with Gasteiger partial charge in [0.05, 0.1) is 29.7 Å². The Labute approximate surface area is 204 Å². The molecule has 5 aromatic rings. The topological polar surface area (TPSA) is 55.1 Å². The van der Waals surface area contributed by atoms with Gasteiger partial charge in [-0.05, 0) is 48.9 Å². The first kappa shape index (κ1) is 21.0. The summed E-state index contributed by atoms with van der Waals surface area (Å²) in [6.45, 7) is 2.44. The third kappa shape index (κ3) is 3.69. The molecule has 0 spiro atoms. The van der Waals surface area contributed by atoms with E-state index in [4.69, 9.17) is 5.10 Å². The number of fused-ring (bicyclic) bond motifs is 3. The molecule has 2 aromatic heterocycles. The summed E-state index contributed by atoms with van der Waals surface area (Å²) < 4.78 is 4.16. The summed E-state index contributed by atoms with van der Waals surface area (Å²) >= 11 is 0. The second-order valence-electron chi connectivity index (χ2n) is 8.68. The van der Waals surface area contributed by atoms with E-state index in [0.717, 1.165) is 39.7 Å². The maximum Gasteiger partial charge on any atom is 0.322 e. The number of nitrogens with zero attached hydrogens (tertiary/aromatic N) is 4. The van der Waals surface area contributed by atoms with E-state index in [9.17, 15) is 4.79 Å². The van der Waals surface area contributed by atoms with Gasteiger partial charge in [0.1, 0.15) is 5.82 Å². The Morgan fingerprint density at radius 2 is 1.51 bits per heavy atom. The Morgan fingerprint density at radius 3 is 2.23 bits per heavy atom. The van der Waals surface area contributed by atoms with E-state index in [1.807, 2.05) is 89.3 Å². The number of aryl methyl sites for hydroxylation is 1. The highest BCUT2D eigenvalue weighted by Crippen LogP contribution is 2.38. The molecule has 0 unspecified atom stereocenters. The standard InChI is InChI=1S/C29H25N5O/c1-21-25-20-33(29(35)30-23-14-7-3-8-15-23)27(22-12-5-2-6-13-22)26-18-11-19-32(26)28(25)34(31-21)24-16-9-4-10-17-24/h2-19,27H,20H2,1H3,(H,30,35)/t27-/m0/s1. The van der Waals surface area contributed by atoms with Gasteiger partial charge in [-0.1, -0.05) is 66.7 Å². The number of aromatic nitrogens is 3. The summed E-state index contributed by atoms with van der Waals surface area (Å²) in [5, 5.41) is 8.00. The third-order valence-corrected chi connectivity index (χ3v) is 6.49. The van der Waals surface area contributed by atoms with Crippen LogP contribution >= 0.6 is 0 Å². The predicted octanol–water partition coefficient (Wildman–Crippen LogP) is 6.11. The molecule has 0 bridgehead atoms. The number of hydrogen-bond acceptors (Lipinski definition) is 2. The molecule has 1 N–H and O–H groups in total. The van der Waals surface area contributed by atoms with E-state index in [-0.39, 0.29) is 12.1 Å². The molecule has 1 aliphatic rings. The van der Waals surface area contributed by atoms with Gasteiger partial charge in [0.2, 0.25) is 0 Å². The Hall–Kier alpha value is -4.58. The molecule has 3 heterocycles. The van der Waals surface area contributed by atoms with Gasteiger partial charge in [0.15, 0.2) is 0 Å². The number of amides is 2. The lowest BCUT2D eigenvalue weighted by Crippen LogP contribution is -2.38. The van der Waals surface area contributed by atoms with E-state index in [1.165, 1.54) is 0 Å². The summed E-state index contributed by atoms with van der Waals surface area (Å²) in [4.78, 5) is 15.7. The minimum Gasteiger partial charge on any atom is -0.308 e. The first-order chi connectivity index (χ1) is 17.2. The second-order valence-corrected chi connectivity index (χ2v) is 8.68. The lowest BCUT2D eigenvalue weighted by Gasteiger charge is -2.31. The monoisotopic (exact) mass is 459 g/mol. The molecule has 0 fully saturated rings. The molecule has 1 aliphatic heterocycles. The van der Waals surface area contributed by atoms with Crippen LogP contribution in [0.3, 0.4) is 0 Å². The number of carbonyl (C=O) groups is 1. The zero-order valence-corrected chi connectivity index (χ0v) is 19.4. The van der Waals surface area contributed by atoms with E-state index in [0.29, 0.717) is 6.54 Å². The molecule has 2 amide bonds. The maximum atomic E-state index is 13.8. The Balaban J connectivity index is 1.54. The van der Waals surface area contributed by atoms with Crippen molar-refractivity contribution < 1.29 is 4.79 Å². The molecular weight excluding hydrogens is 434 g/mol. The van der Waals surface area contributed by atoms with E-state index >= 15 is 0 Å². The molecule has 0 radical (unpaired) electrons. The quantitative estimate of drug-likeness (QED) is 0.354. The third-order valence-electron chi connectivity index (χ3n) is 6.49. The summed E-state index contributed by atoms with van der Waals surface area (Å²) in [6.07, 6.45) is 2.06. The van der Waals surface area contributed by atoms with Crippen molar-refractivity contribution in [3.63, 3.8) is 0 Å². The van der Waals surface area contributed by atoms with Gasteiger partial charge in [0.25, 0.3) is 0 Å². The smallest absolute Gasteiger partial charge is 0.308 e. The summed E-state index contributed by atoms with van der Waals surface area (Å²) in [7, 11) is 0. The molecule has 1 atom stereocenters. The van der Waals surface area contributed by atoms with Crippen LogP contribution in [0.4, 0.5) is 10.5 Å². The number of urea groups is 1. The largest absolute Gasteiger partial charge is 0.322 e. The zero-order chi connectivity index (χ0) is 23.8. The number of nitrogens with one attached hydrogen (secondary N) is 1. The van der Waals surface area contributed by atoms with Crippen LogP contribution in [0.2, 0.25) is 0 Å². The van der Waals surface area contributed by atoms with Crippen molar-refractivity contribution in [2.45, 2.75) is 19.5 Å². The Kier molecular flexibility index (Phi) is 5.19. The molecule has 6 nitrogen and oxygen atoms in total. The number of hydrogen-bond donors (Lipinski definition) is 1. The van der Waals surface area contributed by atoms with Crippen molar-refractivity contribution in [3.8, 4) is 11.5 Å². The number of anilines is 1. The first-order valence-corrected chi connectivity index (χ1v) is 11.7. The number of para-hydroxylation sites is 2. The zero-order valence-electron chi connectivity index (χ0n) is 19.4. The van der Waals surface area contributed by atoms with Crippen molar-refractivity contribution in [2.24, 2.45) is 0 Å². The van der Waals surface area contributed by atoms with Crippen LogP contribution in [0.5, 0.6) is 0 Å². The van der Waals surface area contributed by atoms with Gasteiger partial charge < -0.3 is 14.8 Å². The minimum atomic E-state index is -0.272. The SMILES string of the molecule is Cc1nn(-c2ccccc2)c2c1CN(C(=O)Nc1ccccc1)[C@@H](c1ccccc1)c1cccn1-2. The van der Waals surface area contributed by atoms with Crippen LogP contribution < -0.4 is 5.32 Å². The van der Waals surface area contributed by atoms with Crippen molar-refractivity contribution in [1.82, 2.24) is 19.2 Å². The highest BCUT2D eigenvalue weighted by Gasteiger charge is 2.35. The number of carbonyl (C=O) groups excluding carboxylic acids is 1. The normalized spacial score (nSPS) is 14.7. The van der Waals surface area contributed by atoms with Crippen LogP contribution in [0.25, 0.3) is 11.5 Å². The lowest BCUT2D eigenvalue weighted by molar-refractivity contribution is 0.194. The van der Waals surface area contributed by atoms with Gasteiger partial charge in [-0.25, -0.2) is 9.48 Å². The average molecular weight is 460 g/mol. The molecule has 3 aromatic carbocycles. The van der Waals surface area contributed by atoms with Crippen molar-refractivity contribution in [1.29, 1.82) is 0 Å². The van der Waals surface area contributed by atoms with Crippen LogP contribution in [0, 0.1) is 6.92 Å². The van der Waals surface area contributed by atoms with E-state index in [2.05, 4.69) is 46.4 Å². The fourth-order valence-corrected chi connectivity index (χ4v) is 4.85. The molecule has 0 saturated heterocycles. The average Bonchev–Trinajstić information content (AvgIpc) is 3.46. The van der Waals surface area contributed by atoms with Gasteiger partial charge in [-0.2, -0.15) is 5.10 Å². The van der Waals surface area contributed by atoms with E-state index in [1.54, 1.807) is 0 Å². The summed E-state index contributed by atoms with van der Waals surface area (Å²) in [5.41, 5.74) is 5.73. The molecule has 0 saturated carbocycles. The first-order valence-electron chi connectivity index (χ1n) is 11.7. The fourth-order valence-electron chi connectivity index (χ4n) is 4.85. The number of benzene rings is 3. The number of rotatable bonds is 3. The Bertz CT molecular complexity index is 1470. The highest BCUT2D eigenvalue weighted by atomic mass is 16.2. The van der Waals surface area contributed by atoms with Gasteiger partial charge in [0, 0.05) is 17.4 Å². The molecule has 6 rings (SSSR count). The molecule has 35 heavy (non-hydrogen) atoms. The van der Waals surface area contributed by atoms with Crippen LogP contribution in [0.1, 0.15) is 28.6 Å². The van der Waals surface area contributed by atoms with Crippen molar-refractivity contribution in [3.05, 3.63) is 132 Å². The van der Waals surface area contributed by atoms with Crippen molar-refractivity contribution in [2.75, 3.05) is 5.32 Å². The van der Waals surface area contributed by atoms with Gasteiger partial charge >= 0.3 is 6.03 Å². The van der Waals surface area contributed by atoms with Crippen LogP contribution in [0.15, 0.2) is 109 Å². The van der Waals surface area contributed by atoms with Crippen molar-refractivity contribution >= 4 is 11.7 Å². The summed E-state index contributed by atoms with van der Waals surface area (Å²) in [5.74, 6) is 0.963. The Morgan fingerprint density at radius 1 is 0.857 bits per heavy atom. The highest BCUT2D eigenvalue weighted by molar-refractivity contribution is 5.90.